The molecule has 0 aliphatic carbocycles. The highest BCUT2D eigenvalue weighted by Crippen LogP contribution is 2.18. The number of nitriles is 1. The molecule has 0 fully saturated rings. The highest BCUT2D eigenvalue weighted by molar-refractivity contribution is 5.88. The van der Waals surface area contributed by atoms with Crippen LogP contribution in [0.15, 0.2) is 30.6 Å². The SMILES string of the molecule is CCOC(=O)c1c(Cc2ccc(OCCC(C)C#N)cc2)ncn1OC. The number of rotatable bonds is 9. The van der Waals surface area contributed by atoms with Gasteiger partial charge in [-0.05, 0) is 38.0 Å². The minimum absolute atomic E-state index is 0.0218. The molecule has 2 aromatic rings. The van der Waals surface area contributed by atoms with Crippen molar-refractivity contribution in [2.45, 2.75) is 26.7 Å². The second-order valence-electron chi connectivity index (χ2n) is 5.76. The van der Waals surface area contributed by atoms with E-state index in [1.165, 1.54) is 18.2 Å². The molecular weight excluding hydrogens is 334 g/mol. The Labute approximate surface area is 153 Å². The Hall–Kier alpha value is -3.01. The highest BCUT2D eigenvalue weighted by Gasteiger charge is 2.21. The number of carbonyl (C=O) groups is 1. The van der Waals surface area contributed by atoms with Crippen molar-refractivity contribution in [2.24, 2.45) is 5.92 Å². The summed E-state index contributed by atoms with van der Waals surface area (Å²) in [5, 5.41) is 8.77. The van der Waals surface area contributed by atoms with Crippen LogP contribution >= 0.6 is 0 Å². The summed E-state index contributed by atoms with van der Waals surface area (Å²) in [6, 6.07) is 9.75. The lowest BCUT2D eigenvalue weighted by Crippen LogP contribution is -2.17. The van der Waals surface area contributed by atoms with Crippen molar-refractivity contribution in [3.05, 3.63) is 47.5 Å². The predicted octanol–water partition coefficient (Wildman–Crippen LogP) is 2.64. The second-order valence-corrected chi connectivity index (χ2v) is 5.76. The van der Waals surface area contributed by atoms with Gasteiger partial charge in [-0.25, -0.2) is 9.78 Å². The Morgan fingerprint density at radius 1 is 1.35 bits per heavy atom. The Bertz CT molecular complexity index is 762. The highest BCUT2D eigenvalue weighted by atomic mass is 16.6. The van der Waals surface area contributed by atoms with Crippen LogP contribution in [0.5, 0.6) is 5.75 Å². The summed E-state index contributed by atoms with van der Waals surface area (Å²) in [4.78, 5) is 21.5. The molecule has 0 amide bonds. The molecule has 7 heteroatoms. The normalized spacial score (nSPS) is 11.5. The molecule has 0 N–H and O–H groups in total. The van der Waals surface area contributed by atoms with Gasteiger partial charge in [-0.15, -0.1) is 0 Å². The van der Waals surface area contributed by atoms with Crippen molar-refractivity contribution in [3.63, 3.8) is 0 Å². The summed E-state index contributed by atoms with van der Waals surface area (Å²) in [6.45, 7) is 4.40. The van der Waals surface area contributed by atoms with Gasteiger partial charge in [-0.2, -0.15) is 9.99 Å². The van der Waals surface area contributed by atoms with Gasteiger partial charge >= 0.3 is 5.97 Å². The molecule has 1 aromatic heterocycles. The molecule has 138 valence electrons. The number of carbonyl (C=O) groups excluding carboxylic acids is 1. The van der Waals surface area contributed by atoms with E-state index in [-0.39, 0.29) is 12.5 Å². The molecule has 0 radical (unpaired) electrons. The molecule has 0 saturated carbocycles. The number of aromatic nitrogens is 2. The monoisotopic (exact) mass is 357 g/mol. The average molecular weight is 357 g/mol. The van der Waals surface area contributed by atoms with Crippen LogP contribution in [0.3, 0.4) is 0 Å². The number of ether oxygens (including phenoxy) is 2. The zero-order valence-corrected chi connectivity index (χ0v) is 15.3. The van der Waals surface area contributed by atoms with E-state index in [1.807, 2.05) is 31.2 Å². The molecule has 1 atom stereocenters. The van der Waals surface area contributed by atoms with Crippen molar-refractivity contribution >= 4 is 5.97 Å². The Morgan fingerprint density at radius 3 is 2.69 bits per heavy atom. The fourth-order valence-electron chi connectivity index (χ4n) is 2.36. The van der Waals surface area contributed by atoms with Crippen molar-refractivity contribution in [1.82, 2.24) is 9.71 Å². The molecule has 26 heavy (non-hydrogen) atoms. The van der Waals surface area contributed by atoms with E-state index in [4.69, 9.17) is 19.6 Å². The van der Waals surface area contributed by atoms with Crippen LogP contribution in [0.25, 0.3) is 0 Å². The van der Waals surface area contributed by atoms with Gasteiger partial charge in [0.05, 0.1) is 25.0 Å². The maximum absolute atomic E-state index is 12.1. The standard InChI is InChI=1S/C19H23N3O4/c1-4-25-19(23)18-17(21-13-22(18)24-3)11-15-5-7-16(8-6-15)26-10-9-14(2)12-20/h5-8,13-14H,4,9-11H2,1-3H3. The Morgan fingerprint density at radius 2 is 2.08 bits per heavy atom. The first kappa shape index (κ1) is 19.3. The first-order valence-corrected chi connectivity index (χ1v) is 8.48. The van der Waals surface area contributed by atoms with E-state index in [2.05, 4.69) is 11.1 Å². The van der Waals surface area contributed by atoms with Crippen LogP contribution < -0.4 is 9.57 Å². The summed E-state index contributed by atoms with van der Waals surface area (Å²) in [7, 11) is 1.47. The van der Waals surface area contributed by atoms with E-state index in [0.717, 1.165) is 11.3 Å². The number of hydrogen-bond acceptors (Lipinski definition) is 6. The van der Waals surface area contributed by atoms with Gasteiger partial charge in [-0.3, -0.25) is 0 Å². The zero-order chi connectivity index (χ0) is 18.9. The fraction of sp³-hybridized carbons (Fsp3) is 0.421. The fourth-order valence-corrected chi connectivity index (χ4v) is 2.36. The van der Waals surface area contributed by atoms with E-state index >= 15 is 0 Å². The molecule has 2 rings (SSSR count). The van der Waals surface area contributed by atoms with E-state index in [1.54, 1.807) is 6.92 Å². The minimum atomic E-state index is -0.464. The molecule has 0 bridgehead atoms. The van der Waals surface area contributed by atoms with Gasteiger partial charge in [0.1, 0.15) is 19.2 Å². The number of hydrogen-bond donors (Lipinski definition) is 0. The lowest BCUT2D eigenvalue weighted by Gasteiger charge is -2.09. The quantitative estimate of drug-likeness (QED) is 0.641. The van der Waals surface area contributed by atoms with Crippen LogP contribution in [-0.4, -0.2) is 36.0 Å². The summed E-state index contributed by atoms with van der Waals surface area (Å²) in [6.07, 6.45) is 2.61. The number of benzene rings is 1. The molecule has 1 unspecified atom stereocenters. The van der Waals surface area contributed by atoms with Crippen LogP contribution in [0.2, 0.25) is 0 Å². The van der Waals surface area contributed by atoms with E-state index < -0.39 is 5.97 Å². The third kappa shape index (κ3) is 4.99. The van der Waals surface area contributed by atoms with Crippen LogP contribution in [0, 0.1) is 17.2 Å². The summed E-state index contributed by atoms with van der Waals surface area (Å²) >= 11 is 0. The lowest BCUT2D eigenvalue weighted by atomic mass is 10.1. The van der Waals surface area contributed by atoms with Gasteiger partial charge in [0.25, 0.3) is 0 Å². The van der Waals surface area contributed by atoms with Crippen LogP contribution in [0.1, 0.15) is 42.0 Å². The molecule has 1 heterocycles. The summed E-state index contributed by atoms with van der Waals surface area (Å²) < 4.78 is 12.0. The smallest absolute Gasteiger partial charge is 0.360 e. The number of esters is 1. The molecule has 0 aliphatic rings. The molecular formula is C19H23N3O4. The first-order valence-electron chi connectivity index (χ1n) is 8.48. The van der Waals surface area contributed by atoms with Gasteiger partial charge < -0.3 is 14.3 Å². The van der Waals surface area contributed by atoms with E-state index in [9.17, 15) is 4.79 Å². The minimum Gasteiger partial charge on any atom is -0.494 e. The molecule has 0 saturated heterocycles. The van der Waals surface area contributed by atoms with Crippen molar-refractivity contribution < 1.29 is 19.1 Å². The first-order chi connectivity index (χ1) is 12.6. The Balaban J connectivity index is 2.04. The number of imidazole rings is 1. The van der Waals surface area contributed by atoms with Crippen LogP contribution in [0.4, 0.5) is 0 Å². The summed E-state index contributed by atoms with van der Waals surface area (Å²) in [5.41, 5.74) is 1.86. The molecule has 0 spiro atoms. The predicted molar refractivity (Wildman–Crippen MR) is 94.8 cm³/mol. The van der Waals surface area contributed by atoms with Gasteiger partial charge in [0.2, 0.25) is 0 Å². The second kappa shape index (κ2) is 9.47. The zero-order valence-electron chi connectivity index (χ0n) is 15.3. The van der Waals surface area contributed by atoms with E-state index in [0.29, 0.717) is 30.8 Å². The molecule has 0 aliphatic heterocycles. The van der Waals surface area contributed by atoms with Gasteiger partial charge in [-0.1, -0.05) is 12.1 Å². The lowest BCUT2D eigenvalue weighted by molar-refractivity contribution is 0.0470. The van der Waals surface area contributed by atoms with Gasteiger partial charge in [0.15, 0.2) is 5.69 Å². The topological polar surface area (TPSA) is 86.4 Å². The molecule has 7 nitrogen and oxygen atoms in total. The summed E-state index contributed by atoms with van der Waals surface area (Å²) in [5.74, 6) is 0.256. The molecule has 1 aromatic carbocycles. The van der Waals surface area contributed by atoms with Crippen molar-refractivity contribution in [2.75, 3.05) is 20.3 Å². The maximum atomic E-state index is 12.1. The van der Waals surface area contributed by atoms with Crippen LogP contribution in [-0.2, 0) is 11.2 Å². The third-order valence-corrected chi connectivity index (χ3v) is 3.81. The maximum Gasteiger partial charge on any atom is 0.360 e. The Kier molecular flexibility index (Phi) is 7.03. The number of nitrogens with zero attached hydrogens (tertiary/aromatic N) is 3. The van der Waals surface area contributed by atoms with Gasteiger partial charge in [0, 0.05) is 12.3 Å². The van der Waals surface area contributed by atoms with Crippen molar-refractivity contribution in [1.29, 1.82) is 5.26 Å². The largest absolute Gasteiger partial charge is 0.494 e. The van der Waals surface area contributed by atoms with Crippen molar-refractivity contribution in [3.8, 4) is 11.8 Å². The average Bonchev–Trinajstić information content (AvgIpc) is 3.06. The third-order valence-electron chi connectivity index (χ3n) is 3.81.